The summed E-state index contributed by atoms with van der Waals surface area (Å²) in [6, 6.07) is 60.2. The predicted molar refractivity (Wildman–Crippen MR) is 193 cm³/mol. The minimum absolute atomic E-state index is 0.755. The van der Waals surface area contributed by atoms with Crippen LogP contribution in [0.15, 0.2) is 186 Å². The Balaban J connectivity index is 1.27. The predicted octanol–water partition coefficient (Wildman–Crippen LogP) is 11.3. The van der Waals surface area contributed by atoms with Crippen molar-refractivity contribution in [3.8, 4) is 44.5 Å². The lowest BCUT2D eigenvalue weighted by Gasteiger charge is -2.12. The van der Waals surface area contributed by atoms with E-state index in [1.807, 2.05) is 54.9 Å². The standard InChI is InChI=1S/C43H31N3/c1-5-16-32(17-6-1)38-26-14-27-39(33-18-7-2-8-19-33)42(38)44-30-36-24-13-25-37(46-36)31-45-43-40(34-20-9-3-10-21-34)28-15-29-41(43)35-22-11-4-12-23-35/h1-31H/b44-30+,45-31+. The summed E-state index contributed by atoms with van der Waals surface area (Å²) in [6.45, 7) is 0. The van der Waals surface area contributed by atoms with E-state index < -0.39 is 0 Å². The molecule has 0 aliphatic heterocycles. The van der Waals surface area contributed by atoms with Crippen LogP contribution in [0.25, 0.3) is 44.5 Å². The van der Waals surface area contributed by atoms with Crippen LogP contribution in [0, 0.1) is 0 Å². The SMILES string of the molecule is C(=N\c1c(-c2ccccc2)cccc1-c1ccccc1)/c1cccc(/C=N/c2c(-c3ccccc3)cccc2-c2ccccc2)n1. The average Bonchev–Trinajstić information content (AvgIpc) is 3.14. The van der Waals surface area contributed by atoms with Crippen LogP contribution < -0.4 is 0 Å². The average molecular weight is 590 g/mol. The smallest absolute Gasteiger partial charge is 0.0820 e. The van der Waals surface area contributed by atoms with E-state index in [9.17, 15) is 0 Å². The van der Waals surface area contributed by atoms with Gasteiger partial charge in [0.05, 0.1) is 35.2 Å². The van der Waals surface area contributed by atoms with E-state index in [4.69, 9.17) is 15.0 Å². The van der Waals surface area contributed by atoms with Gasteiger partial charge in [0.2, 0.25) is 0 Å². The van der Waals surface area contributed by atoms with Gasteiger partial charge in [-0.1, -0.05) is 164 Å². The molecule has 0 bridgehead atoms. The molecule has 0 atom stereocenters. The van der Waals surface area contributed by atoms with Crippen LogP contribution in [0.5, 0.6) is 0 Å². The lowest BCUT2D eigenvalue weighted by atomic mass is 9.96. The van der Waals surface area contributed by atoms with Crippen LogP contribution >= 0.6 is 0 Å². The molecule has 1 aromatic heterocycles. The molecule has 0 radical (unpaired) electrons. The number of nitrogens with zero attached hydrogens (tertiary/aromatic N) is 3. The normalized spacial score (nSPS) is 11.3. The first kappa shape index (κ1) is 28.6. The maximum absolute atomic E-state index is 5.06. The highest BCUT2D eigenvalue weighted by Gasteiger charge is 2.12. The maximum Gasteiger partial charge on any atom is 0.0820 e. The van der Waals surface area contributed by atoms with E-state index in [-0.39, 0.29) is 0 Å². The van der Waals surface area contributed by atoms with Gasteiger partial charge in [-0.3, -0.25) is 9.98 Å². The number of hydrogen-bond donors (Lipinski definition) is 0. The van der Waals surface area contributed by atoms with Gasteiger partial charge in [0.1, 0.15) is 0 Å². The Morgan fingerprint density at radius 3 is 0.891 bits per heavy atom. The second-order valence-corrected chi connectivity index (χ2v) is 10.9. The number of aliphatic imine (C=N–C) groups is 2. The van der Waals surface area contributed by atoms with Crippen LogP contribution in [-0.4, -0.2) is 17.4 Å². The van der Waals surface area contributed by atoms with E-state index in [0.29, 0.717) is 0 Å². The van der Waals surface area contributed by atoms with Crippen molar-refractivity contribution in [3.63, 3.8) is 0 Å². The molecule has 0 saturated carbocycles. The quantitative estimate of drug-likeness (QED) is 0.162. The lowest BCUT2D eigenvalue weighted by Crippen LogP contribution is -1.94. The van der Waals surface area contributed by atoms with Gasteiger partial charge in [0, 0.05) is 22.3 Å². The summed E-state index contributed by atoms with van der Waals surface area (Å²) in [5.74, 6) is 0. The second kappa shape index (κ2) is 13.6. The van der Waals surface area contributed by atoms with Crippen LogP contribution in [0.4, 0.5) is 11.4 Å². The van der Waals surface area contributed by atoms with Crippen molar-refractivity contribution in [2.75, 3.05) is 0 Å². The minimum atomic E-state index is 0.755. The van der Waals surface area contributed by atoms with Crippen molar-refractivity contribution >= 4 is 23.8 Å². The van der Waals surface area contributed by atoms with Crippen molar-refractivity contribution in [2.24, 2.45) is 9.98 Å². The summed E-state index contributed by atoms with van der Waals surface area (Å²) in [4.78, 5) is 15.0. The molecule has 46 heavy (non-hydrogen) atoms. The molecule has 1 heterocycles. The molecule has 0 amide bonds. The Morgan fingerprint density at radius 1 is 0.304 bits per heavy atom. The van der Waals surface area contributed by atoms with Gasteiger partial charge in [-0.25, -0.2) is 4.98 Å². The van der Waals surface area contributed by atoms with Gasteiger partial charge in [0.15, 0.2) is 0 Å². The summed E-state index contributed by atoms with van der Waals surface area (Å²) in [7, 11) is 0. The van der Waals surface area contributed by atoms with Crippen molar-refractivity contribution < 1.29 is 0 Å². The molecule has 0 unspecified atom stereocenters. The van der Waals surface area contributed by atoms with Crippen LogP contribution in [0.2, 0.25) is 0 Å². The van der Waals surface area contributed by atoms with Gasteiger partial charge < -0.3 is 0 Å². The molecule has 0 spiro atoms. The number of para-hydroxylation sites is 2. The Kier molecular flexibility index (Phi) is 8.46. The first-order valence-corrected chi connectivity index (χ1v) is 15.4. The van der Waals surface area contributed by atoms with E-state index in [0.717, 1.165) is 67.3 Å². The molecule has 3 heteroatoms. The molecule has 7 aromatic rings. The Hall–Kier alpha value is -6.19. The molecular formula is C43H31N3. The largest absolute Gasteiger partial charge is 0.253 e. The first-order chi connectivity index (χ1) is 22.8. The summed E-state index contributed by atoms with van der Waals surface area (Å²) in [5, 5.41) is 0. The highest BCUT2D eigenvalue weighted by molar-refractivity contribution is 5.94. The van der Waals surface area contributed by atoms with Crippen molar-refractivity contribution in [3.05, 3.63) is 187 Å². The summed E-state index contributed by atoms with van der Waals surface area (Å²) in [5.41, 5.74) is 12.1. The fraction of sp³-hybridized carbons (Fsp3) is 0. The number of pyridine rings is 1. The minimum Gasteiger partial charge on any atom is -0.253 e. The van der Waals surface area contributed by atoms with Crippen LogP contribution in [0.1, 0.15) is 11.4 Å². The highest BCUT2D eigenvalue weighted by atomic mass is 14.8. The van der Waals surface area contributed by atoms with Crippen molar-refractivity contribution in [1.29, 1.82) is 0 Å². The van der Waals surface area contributed by atoms with Crippen LogP contribution in [0.3, 0.4) is 0 Å². The van der Waals surface area contributed by atoms with Crippen LogP contribution in [-0.2, 0) is 0 Å². The zero-order valence-corrected chi connectivity index (χ0v) is 25.2. The Morgan fingerprint density at radius 2 is 0.587 bits per heavy atom. The van der Waals surface area contributed by atoms with Crippen molar-refractivity contribution in [1.82, 2.24) is 4.98 Å². The molecule has 7 rings (SSSR count). The molecule has 0 fully saturated rings. The number of hydrogen-bond acceptors (Lipinski definition) is 3. The molecule has 0 saturated heterocycles. The highest BCUT2D eigenvalue weighted by Crippen LogP contribution is 2.40. The third-order valence-electron chi connectivity index (χ3n) is 7.86. The topological polar surface area (TPSA) is 37.6 Å². The molecule has 218 valence electrons. The molecule has 0 aliphatic carbocycles. The second-order valence-electron chi connectivity index (χ2n) is 10.9. The van der Waals surface area contributed by atoms with E-state index in [1.165, 1.54) is 0 Å². The maximum atomic E-state index is 5.06. The third kappa shape index (κ3) is 6.35. The molecule has 0 aliphatic rings. The van der Waals surface area contributed by atoms with E-state index in [1.54, 1.807) is 0 Å². The monoisotopic (exact) mass is 589 g/mol. The molecule has 0 N–H and O–H groups in total. The van der Waals surface area contributed by atoms with E-state index >= 15 is 0 Å². The summed E-state index contributed by atoms with van der Waals surface area (Å²) < 4.78 is 0. The summed E-state index contributed by atoms with van der Waals surface area (Å²) in [6.07, 6.45) is 3.69. The van der Waals surface area contributed by atoms with Gasteiger partial charge >= 0.3 is 0 Å². The number of aromatic nitrogens is 1. The van der Waals surface area contributed by atoms with Gasteiger partial charge in [-0.15, -0.1) is 0 Å². The number of rotatable bonds is 8. The fourth-order valence-corrected chi connectivity index (χ4v) is 5.64. The lowest BCUT2D eigenvalue weighted by molar-refractivity contribution is 1.27. The Bertz CT molecular complexity index is 1850. The zero-order chi connectivity index (χ0) is 31.0. The van der Waals surface area contributed by atoms with Gasteiger partial charge in [-0.05, 0) is 34.4 Å². The fourth-order valence-electron chi connectivity index (χ4n) is 5.64. The molecule has 6 aromatic carbocycles. The third-order valence-corrected chi connectivity index (χ3v) is 7.86. The van der Waals surface area contributed by atoms with Gasteiger partial charge in [0.25, 0.3) is 0 Å². The van der Waals surface area contributed by atoms with Gasteiger partial charge in [-0.2, -0.15) is 0 Å². The zero-order valence-electron chi connectivity index (χ0n) is 25.2. The molecule has 3 nitrogen and oxygen atoms in total. The summed E-state index contributed by atoms with van der Waals surface area (Å²) >= 11 is 0. The first-order valence-electron chi connectivity index (χ1n) is 15.4. The number of benzene rings is 6. The van der Waals surface area contributed by atoms with E-state index in [2.05, 4.69) is 133 Å². The Labute approximate surface area is 270 Å². The van der Waals surface area contributed by atoms with Crippen molar-refractivity contribution in [2.45, 2.75) is 0 Å². The molecular weight excluding hydrogens is 558 g/mol.